The van der Waals surface area contributed by atoms with Crippen LogP contribution in [0, 0.1) is 13.8 Å². The van der Waals surface area contributed by atoms with Crippen LogP contribution in [-0.4, -0.2) is 65.7 Å². The Labute approximate surface area is 193 Å². The van der Waals surface area contributed by atoms with Crippen molar-refractivity contribution in [3.05, 3.63) is 59.4 Å². The number of nitrogens with one attached hydrogen (secondary N) is 1. The molecular formula is C25H30N4O4. The van der Waals surface area contributed by atoms with E-state index in [1.165, 1.54) is 0 Å². The first-order valence-corrected chi connectivity index (χ1v) is 11.3. The molecule has 33 heavy (non-hydrogen) atoms. The Morgan fingerprint density at radius 1 is 1.12 bits per heavy atom. The molecule has 0 radical (unpaired) electrons. The van der Waals surface area contributed by atoms with Gasteiger partial charge in [-0.25, -0.2) is 4.98 Å². The molecule has 174 valence electrons. The minimum absolute atomic E-state index is 0.0454. The monoisotopic (exact) mass is 450 g/mol. The normalized spacial score (nSPS) is 13.8. The van der Waals surface area contributed by atoms with Gasteiger partial charge in [-0.15, -0.1) is 0 Å². The fraction of sp³-hybridized carbons (Fsp3) is 0.400. The molecule has 0 saturated carbocycles. The second-order valence-electron chi connectivity index (χ2n) is 8.25. The van der Waals surface area contributed by atoms with Gasteiger partial charge in [0.15, 0.2) is 6.61 Å². The maximum atomic E-state index is 12.9. The molecule has 0 aliphatic carbocycles. The fourth-order valence-corrected chi connectivity index (χ4v) is 3.91. The summed E-state index contributed by atoms with van der Waals surface area (Å²) in [5, 5.41) is 2.89. The van der Waals surface area contributed by atoms with E-state index in [0.717, 1.165) is 28.0 Å². The SMILES string of the molecule is Cc1ccc(C)c(OCC(=O)NCCc2nc3ccccc3n2CC(=O)N2CCOCC2)c1. The highest BCUT2D eigenvalue weighted by molar-refractivity contribution is 5.81. The highest BCUT2D eigenvalue weighted by Gasteiger charge is 2.20. The number of ether oxygens (including phenoxy) is 2. The van der Waals surface area contributed by atoms with Gasteiger partial charge in [-0.1, -0.05) is 24.3 Å². The standard InChI is InChI=1S/C25H30N4O4/c1-18-7-8-19(2)22(15-18)33-17-24(30)26-10-9-23-27-20-5-3-4-6-21(20)29(23)16-25(31)28-11-13-32-14-12-28/h3-8,15H,9-14,16-17H2,1-2H3,(H,26,30). The summed E-state index contributed by atoms with van der Waals surface area (Å²) in [6, 6.07) is 13.7. The molecule has 0 bridgehead atoms. The quantitative estimate of drug-likeness (QED) is 0.569. The molecule has 2 heterocycles. The van der Waals surface area contributed by atoms with E-state index in [9.17, 15) is 9.59 Å². The van der Waals surface area contributed by atoms with Gasteiger partial charge in [0.1, 0.15) is 18.1 Å². The third kappa shape index (κ3) is 5.70. The maximum absolute atomic E-state index is 12.9. The Balaban J connectivity index is 1.36. The van der Waals surface area contributed by atoms with Gasteiger partial charge in [0, 0.05) is 26.1 Å². The van der Waals surface area contributed by atoms with Crippen molar-refractivity contribution in [1.29, 1.82) is 0 Å². The minimum Gasteiger partial charge on any atom is -0.483 e. The molecule has 8 heteroatoms. The summed E-state index contributed by atoms with van der Waals surface area (Å²) in [5.74, 6) is 1.35. The van der Waals surface area contributed by atoms with Crippen molar-refractivity contribution in [2.45, 2.75) is 26.8 Å². The number of para-hydroxylation sites is 2. The number of aryl methyl sites for hydroxylation is 2. The van der Waals surface area contributed by atoms with E-state index in [-0.39, 0.29) is 25.0 Å². The summed E-state index contributed by atoms with van der Waals surface area (Å²) in [4.78, 5) is 31.7. The van der Waals surface area contributed by atoms with Crippen LogP contribution in [0.4, 0.5) is 0 Å². The zero-order valence-electron chi connectivity index (χ0n) is 19.2. The molecule has 0 atom stereocenters. The molecule has 1 aliphatic rings. The second-order valence-corrected chi connectivity index (χ2v) is 8.25. The first kappa shape index (κ1) is 22.8. The molecule has 1 aromatic heterocycles. The number of aromatic nitrogens is 2. The van der Waals surface area contributed by atoms with E-state index >= 15 is 0 Å². The van der Waals surface area contributed by atoms with E-state index in [4.69, 9.17) is 14.5 Å². The summed E-state index contributed by atoms with van der Waals surface area (Å²) in [5.41, 5.74) is 3.83. The third-order valence-electron chi connectivity index (χ3n) is 5.76. The molecule has 2 amide bonds. The Bertz CT molecular complexity index is 1130. The summed E-state index contributed by atoms with van der Waals surface area (Å²) >= 11 is 0. The zero-order valence-corrected chi connectivity index (χ0v) is 19.2. The number of rotatable bonds is 8. The molecule has 1 N–H and O–H groups in total. The topological polar surface area (TPSA) is 85.7 Å². The van der Waals surface area contributed by atoms with Crippen molar-refractivity contribution < 1.29 is 19.1 Å². The number of benzene rings is 2. The number of amides is 2. The number of fused-ring (bicyclic) bond motifs is 1. The van der Waals surface area contributed by atoms with E-state index in [1.807, 2.05) is 65.8 Å². The molecule has 8 nitrogen and oxygen atoms in total. The third-order valence-corrected chi connectivity index (χ3v) is 5.76. The lowest BCUT2D eigenvalue weighted by Crippen LogP contribution is -2.42. The van der Waals surface area contributed by atoms with Gasteiger partial charge in [0.05, 0.1) is 24.2 Å². The zero-order chi connectivity index (χ0) is 23.2. The van der Waals surface area contributed by atoms with Crippen LogP contribution in [0.25, 0.3) is 11.0 Å². The van der Waals surface area contributed by atoms with Crippen LogP contribution in [0.3, 0.4) is 0 Å². The summed E-state index contributed by atoms with van der Waals surface area (Å²) in [7, 11) is 0. The lowest BCUT2D eigenvalue weighted by Gasteiger charge is -2.27. The van der Waals surface area contributed by atoms with Crippen molar-refractivity contribution in [2.75, 3.05) is 39.5 Å². The molecule has 0 unspecified atom stereocenters. The van der Waals surface area contributed by atoms with Crippen LogP contribution in [0.5, 0.6) is 5.75 Å². The Kier molecular flexibility index (Phi) is 7.24. The molecule has 1 fully saturated rings. The highest BCUT2D eigenvalue weighted by atomic mass is 16.5. The average molecular weight is 451 g/mol. The fourth-order valence-electron chi connectivity index (χ4n) is 3.91. The van der Waals surface area contributed by atoms with E-state index in [0.29, 0.717) is 45.0 Å². The van der Waals surface area contributed by atoms with Gasteiger partial charge in [0.25, 0.3) is 5.91 Å². The lowest BCUT2D eigenvalue weighted by molar-refractivity contribution is -0.135. The van der Waals surface area contributed by atoms with Crippen LogP contribution in [0.1, 0.15) is 17.0 Å². The van der Waals surface area contributed by atoms with Crippen LogP contribution in [0.15, 0.2) is 42.5 Å². The Morgan fingerprint density at radius 2 is 1.91 bits per heavy atom. The molecule has 2 aromatic carbocycles. The smallest absolute Gasteiger partial charge is 0.257 e. The highest BCUT2D eigenvalue weighted by Crippen LogP contribution is 2.19. The molecule has 4 rings (SSSR count). The average Bonchev–Trinajstić information content (AvgIpc) is 3.17. The van der Waals surface area contributed by atoms with Gasteiger partial charge in [-0.3, -0.25) is 9.59 Å². The Morgan fingerprint density at radius 3 is 2.73 bits per heavy atom. The predicted octanol–water partition coefficient (Wildman–Crippen LogP) is 2.25. The van der Waals surface area contributed by atoms with Crippen LogP contribution < -0.4 is 10.1 Å². The second kappa shape index (κ2) is 10.5. The minimum atomic E-state index is -0.192. The summed E-state index contributed by atoms with van der Waals surface area (Å²) < 4.78 is 13.0. The number of carbonyl (C=O) groups excluding carboxylic acids is 2. The number of hydrogen-bond acceptors (Lipinski definition) is 5. The number of nitrogens with zero attached hydrogens (tertiary/aromatic N) is 3. The van der Waals surface area contributed by atoms with E-state index in [1.54, 1.807) is 0 Å². The number of morpholine rings is 1. The molecule has 0 spiro atoms. The van der Waals surface area contributed by atoms with E-state index < -0.39 is 0 Å². The lowest BCUT2D eigenvalue weighted by atomic mass is 10.1. The molecule has 1 aliphatic heterocycles. The maximum Gasteiger partial charge on any atom is 0.257 e. The predicted molar refractivity (Wildman–Crippen MR) is 125 cm³/mol. The Hall–Kier alpha value is -3.39. The van der Waals surface area contributed by atoms with Crippen molar-refractivity contribution in [3.8, 4) is 5.75 Å². The van der Waals surface area contributed by atoms with E-state index in [2.05, 4.69) is 5.32 Å². The van der Waals surface area contributed by atoms with Crippen molar-refractivity contribution in [2.24, 2.45) is 0 Å². The van der Waals surface area contributed by atoms with Crippen molar-refractivity contribution in [3.63, 3.8) is 0 Å². The van der Waals surface area contributed by atoms with Crippen molar-refractivity contribution in [1.82, 2.24) is 19.8 Å². The van der Waals surface area contributed by atoms with Gasteiger partial charge < -0.3 is 24.3 Å². The number of imidazole rings is 1. The largest absolute Gasteiger partial charge is 0.483 e. The number of carbonyl (C=O) groups is 2. The number of hydrogen-bond donors (Lipinski definition) is 1. The molecular weight excluding hydrogens is 420 g/mol. The van der Waals surface area contributed by atoms with Gasteiger partial charge in [-0.2, -0.15) is 0 Å². The summed E-state index contributed by atoms with van der Waals surface area (Å²) in [6.07, 6.45) is 0.514. The van der Waals surface area contributed by atoms with Crippen LogP contribution in [0.2, 0.25) is 0 Å². The van der Waals surface area contributed by atoms with Crippen LogP contribution in [-0.2, 0) is 27.3 Å². The van der Waals surface area contributed by atoms with Gasteiger partial charge in [0.2, 0.25) is 5.91 Å². The molecule has 3 aromatic rings. The van der Waals surface area contributed by atoms with Gasteiger partial charge in [-0.05, 0) is 43.2 Å². The first-order valence-electron chi connectivity index (χ1n) is 11.3. The first-order chi connectivity index (χ1) is 16.0. The van der Waals surface area contributed by atoms with Gasteiger partial charge >= 0.3 is 0 Å². The summed E-state index contributed by atoms with van der Waals surface area (Å²) in [6.45, 7) is 6.88. The van der Waals surface area contributed by atoms with Crippen LogP contribution >= 0.6 is 0 Å². The molecule has 1 saturated heterocycles. The van der Waals surface area contributed by atoms with Crippen molar-refractivity contribution >= 4 is 22.8 Å².